The van der Waals surface area contributed by atoms with Crippen molar-refractivity contribution >= 4 is 44.1 Å². The average molecular weight is 1790 g/mol. The lowest BCUT2D eigenvalue weighted by Crippen LogP contribution is -2.27. The Morgan fingerprint density at radius 1 is 0.114 bits per heavy atom. The molecule has 0 fully saturated rings. The van der Waals surface area contributed by atoms with Crippen molar-refractivity contribution in [1.29, 1.82) is 0 Å². The Labute approximate surface area is 804 Å². The molecule has 16 nitrogen and oxygen atoms in total. The molecule has 140 heavy (non-hydrogen) atoms. The Bertz CT molecular complexity index is 8580. The van der Waals surface area contributed by atoms with Crippen LogP contribution in [0, 0.1) is 0 Å². The van der Waals surface area contributed by atoms with E-state index >= 15 is 0 Å². The summed E-state index contributed by atoms with van der Waals surface area (Å²) < 4.78 is 0. The molecule has 0 spiro atoms. The third-order valence-corrected chi connectivity index (χ3v) is 27.6. The van der Waals surface area contributed by atoms with E-state index in [0.29, 0.717) is 34.7 Å². The van der Waals surface area contributed by atoms with Gasteiger partial charge in [-0.05, 0) is 164 Å². The summed E-state index contributed by atoms with van der Waals surface area (Å²) in [4.78, 5) is 79.9. The molecule has 4 unspecified atom stereocenters. The molecule has 6 aliphatic rings. The molecule has 4 atom stereocenters. The van der Waals surface area contributed by atoms with Crippen LogP contribution < -0.4 is 0 Å². The van der Waals surface area contributed by atoms with E-state index in [-0.39, 0.29) is 23.7 Å². The highest BCUT2D eigenvalue weighted by molar-refractivity contribution is 5.87. The summed E-state index contributed by atoms with van der Waals surface area (Å²) in [6.45, 7) is 0. The van der Waals surface area contributed by atoms with E-state index in [1.807, 2.05) is 219 Å². The standard InChI is InChI=1S/C68H42N8.C56H34N8/c1-3-13-45(14-4-1)67-73-59(41-23-27-43(28-24-41)63-39-69-55-19-9-11-21-57(55)71-63)37-61(75-67)47-31-33-51-53(35-47)65-49-17-7-8-18-50(49)66(51)54-36-48(32-34-52(54)65)62-38-60(74-68(76-62)46-15-5-2-6-16-46)42-25-29-44(30-26-42)64-40-70-56-20-10-12-22-58(56)72-64;1-3-13-33(14-4-1)55-61-47(29-49(63-55)51-31-57-43-19-9-11-21-45(43)59-51)35-23-25-39-41(27-35)53-37-17-7-8-18-38(37)54(39)42-28-36(24-26-40(42)53)48-30-50(64-56(62-48)34-15-5-2-6-16-34)52-32-58-44-20-10-12-22-46(44)60-52/h1-40,65-66H;1-32,53-54H. The summed E-state index contributed by atoms with van der Waals surface area (Å²) in [7, 11) is 0. The van der Waals surface area contributed by atoms with Crippen LogP contribution in [0.5, 0.6) is 0 Å². The molecule has 0 saturated carbocycles. The van der Waals surface area contributed by atoms with E-state index in [2.05, 4.69) is 216 Å². The monoisotopic (exact) mass is 1790 g/mol. The van der Waals surface area contributed by atoms with Crippen LogP contribution in [-0.2, 0) is 0 Å². The Morgan fingerprint density at radius 3 is 0.564 bits per heavy atom. The van der Waals surface area contributed by atoms with E-state index in [4.69, 9.17) is 69.8 Å². The largest absolute Gasteiger partial charge is 0.252 e. The van der Waals surface area contributed by atoms with Gasteiger partial charge in [-0.2, -0.15) is 0 Å². The smallest absolute Gasteiger partial charge is 0.160 e. The first-order chi connectivity index (χ1) is 69.3. The maximum Gasteiger partial charge on any atom is 0.160 e. The second-order valence-corrected chi connectivity index (χ2v) is 35.8. The van der Waals surface area contributed by atoms with Gasteiger partial charge in [0, 0.05) is 90.4 Å². The molecule has 652 valence electrons. The number of fused-ring (bicyclic) bond motifs is 4. The molecule has 6 aliphatic carbocycles. The van der Waals surface area contributed by atoms with Crippen LogP contribution in [0.2, 0.25) is 0 Å². The molecule has 0 saturated heterocycles. The Hall–Kier alpha value is -18.8. The summed E-state index contributed by atoms with van der Waals surface area (Å²) in [6, 6.07) is 143. The normalized spacial score (nSPS) is 14.3. The van der Waals surface area contributed by atoms with Crippen LogP contribution in [0.1, 0.15) is 90.4 Å². The summed E-state index contributed by atoms with van der Waals surface area (Å²) in [5.41, 5.74) is 44.1. The molecule has 8 aromatic heterocycles. The lowest BCUT2D eigenvalue weighted by Gasteiger charge is -2.42. The van der Waals surface area contributed by atoms with Crippen LogP contribution in [0.3, 0.4) is 0 Å². The van der Waals surface area contributed by atoms with E-state index < -0.39 is 0 Å². The zero-order valence-electron chi connectivity index (χ0n) is 75.0. The zero-order chi connectivity index (χ0) is 92.2. The van der Waals surface area contributed by atoms with E-state index in [1.54, 1.807) is 12.4 Å². The predicted octanol–water partition coefficient (Wildman–Crippen LogP) is 27.6. The first-order valence-electron chi connectivity index (χ1n) is 46.9. The van der Waals surface area contributed by atoms with Crippen LogP contribution in [-0.4, -0.2) is 79.7 Å². The van der Waals surface area contributed by atoms with Crippen molar-refractivity contribution in [2.45, 2.75) is 23.7 Å². The first kappa shape index (κ1) is 80.8. The maximum absolute atomic E-state index is 5.28. The lowest BCUT2D eigenvalue weighted by atomic mass is 9.60. The third kappa shape index (κ3) is 14.5. The number of benzene rings is 16. The second-order valence-electron chi connectivity index (χ2n) is 35.8. The van der Waals surface area contributed by atoms with Crippen molar-refractivity contribution in [3.8, 4) is 158 Å². The van der Waals surface area contributed by atoms with Crippen molar-refractivity contribution in [2.24, 2.45) is 0 Å². The summed E-state index contributed by atoms with van der Waals surface area (Å²) in [5, 5.41) is 0. The molecule has 24 aromatic rings. The molecule has 0 aliphatic heterocycles. The van der Waals surface area contributed by atoms with Gasteiger partial charge in [0.15, 0.2) is 23.3 Å². The van der Waals surface area contributed by atoms with Gasteiger partial charge in [0.05, 0.1) is 126 Å². The highest BCUT2D eigenvalue weighted by atomic mass is 15.0. The zero-order valence-corrected chi connectivity index (χ0v) is 75.0. The van der Waals surface area contributed by atoms with Crippen LogP contribution in [0.25, 0.3) is 203 Å². The molecular weight excluding hydrogens is 1710 g/mol. The van der Waals surface area contributed by atoms with Crippen LogP contribution in [0.4, 0.5) is 0 Å². The lowest BCUT2D eigenvalue weighted by molar-refractivity contribution is 0.755. The highest BCUT2D eigenvalue weighted by Gasteiger charge is 2.44. The molecule has 8 heterocycles. The number of hydrogen-bond acceptors (Lipinski definition) is 16. The van der Waals surface area contributed by atoms with Gasteiger partial charge in [0.2, 0.25) is 0 Å². The predicted molar refractivity (Wildman–Crippen MR) is 553 cm³/mol. The minimum absolute atomic E-state index is 0.0347. The average Bonchev–Trinajstić information content (AvgIpc) is 0.700. The Balaban J connectivity index is 0.000000143. The van der Waals surface area contributed by atoms with Gasteiger partial charge in [-0.1, -0.05) is 315 Å². The molecule has 16 aromatic carbocycles. The SMILES string of the molecule is c1ccc(-c2nc(-c3ccc(-c4cnc5ccccc5n4)cc3)cc(-c3ccc4c(c3)C3c5ccccc5C4c4cc(-c5cc(-c6ccc(-c7cnc8ccccc8n7)cc6)nc(-c6ccccc6)n5)ccc43)n2)cc1.c1ccc(-c2nc(-c3ccc4c(c3)C3c5ccccc5C4c4cc(-c5cc(-c6cnc7ccccc7n6)nc(-c6ccccc6)n5)ccc43)cc(-c3cnc4ccccc4n3)n2)cc1. The van der Waals surface area contributed by atoms with E-state index in [9.17, 15) is 0 Å². The molecule has 4 bridgehead atoms. The molecule has 0 N–H and O–H groups in total. The summed E-state index contributed by atoms with van der Waals surface area (Å²) in [5.74, 6) is 2.78. The number of rotatable bonds is 14. The van der Waals surface area contributed by atoms with Crippen LogP contribution in [0.15, 0.2) is 437 Å². The minimum atomic E-state index is 0.0347. The minimum Gasteiger partial charge on any atom is -0.252 e. The molecule has 16 heteroatoms. The summed E-state index contributed by atoms with van der Waals surface area (Å²) in [6.07, 6.45) is 7.29. The van der Waals surface area contributed by atoms with Gasteiger partial charge in [-0.3, -0.25) is 19.9 Å². The third-order valence-electron chi connectivity index (χ3n) is 27.6. The number of para-hydroxylation sites is 8. The van der Waals surface area contributed by atoms with Crippen molar-refractivity contribution in [2.75, 3.05) is 0 Å². The number of hydrogen-bond donors (Lipinski definition) is 0. The number of nitrogens with zero attached hydrogens (tertiary/aromatic N) is 16. The van der Waals surface area contributed by atoms with Gasteiger partial charge in [0.1, 0.15) is 11.4 Å². The van der Waals surface area contributed by atoms with Crippen molar-refractivity contribution in [3.05, 3.63) is 504 Å². The van der Waals surface area contributed by atoms with Gasteiger partial charge >= 0.3 is 0 Å². The molecule has 0 radical (unpaired) electrons. The van der Waals surface area contributed by atoms with Gasteiger partial charge < -0.3 is 0 Å². The van der Waals surface area contributed by atoms with Gasteiger partial charge in [0.25, 0.3) is 0 Å². The quantitative estimate of drug-likeness (QED) is 0.0992. The van der Waals surface area contributed by atoms with Crippen molar-refractivity contribution in [1.82, 2.24) is 79.7 Å². The molecule has 30 rings (SSSR count). The second kappa shape index (κ2) is 33.7. The Kier molecular flexibility index (Phi) is 19.4. The number of aromatic nitrogens is 16. The molecule has 0 amide bonds. The highest BCUT2D eigenvalue weighted by Crippen LogP contribution is 2.59. The molecular formula is C124H76N16. The fourth-order valence-corrected chi connectivity index (χ4v) is 20.9. The van der Waals surface area contributed by atoms with E-state index in [0.717, 1.165) is 168 Å². The van der Waals surface area contributed by atoms with Crippen molar-refractivity contribution in [3.63, 3.8) is 0 Å². The summed E-state index contributed by atoms with van der Waals surface area (Å²) >= 11 is 0. The maximum atomic E-state index is 5.28. The van der Waals surface area contributed by atoms with Gasteiger partial charge in [-0.25, -0.2) is 59.8 Å². The van der Waals surface area contributed by atoms with E-state index in [1.165, 1.54) is 66.8 Å². The fourth-order valence-electron chi connectivity index (χ4n) is 20.9. The topological polar surface area (TPSA) is 206 Å². The van der Waals surface area contributed by atoms with Crippen molar-refractivity contribution < 1.29 is 0 Å². The van der Waals surface area contributed by atoms with Gasteiger partial charge in [-0.15, -0.1) is 0 Å². The first-order valence-corrected chi connectivity index (χ1v) is 46.9. The van der Waals surface area contributed by atoms with Crippen LogP contribution >= 0.6 is 0 Å². The fraction of sp³-hybridized carbons (Fsp3) is 0.0323. The Morgan fingerprint density at radius 2 is 0.300 bits per heavy atom.